The summed E-state index contributed by atoms with van der Waals surface area (Å²) in [5.74, 6) is 1.12. The number of nitrogens with zero attached hydrogens (tertiary/aromatic N) is 2. The number of nitrogens with one attached hydrogen (secondary N) is 1. The highest BCUT2D eigenvalue weighted by molar-refractivity contribution is 6.30. The molecule has 0 fully saturated rings. The Morgan fingerprint density at radius 1 is 1.24 bits per heavy atom. The van der Waals surface area contributed by atoms with E-state index in [-0.39, 0.29) is 5.54 Å². The van der Waals surface area contributed by atoms with Crippen molar-refractivity contribution in [1.29, 1.82) is 0 Å². The summed E-state index contributed by atoms with van der Waals surface area (Å²) in [6.07, 6.45) is 3.17. The Bertz CT molecular complexity index is 623. The van der Waals surface area contributed by atoms with Gasteiger partial charge in [-0.1, -0.05) is 17.7 Å². The molecule has 0 bridgehead atoms. The zero-order valence-electron chi connectivity index (χ0n) is 12.8. The molecule has 0 radical (unpaired) electrons. The van der Waals surface area contributed by atoms with Crippen LogP contribution in [0.15, 0.2) is 30.6 Å². The smallest absolute Gasteiger partial charge is 0.219 e. The van der Waals surface area contributed by atoms with Crippen LogP contribution in [0.1, 0.15) is 32.0 Å². The number of hydrogen-bond acceptors (Lipinski definition) is 4. The number of halogens is 1. The maximum Gasteiger partial charge on any atom is 0.219 e. The molecular weight excluding hydrogens is 286 g/mol. The number of ether oxygens (including phenoxy) is 1. The summed E-state index contributed by atoms with van der Waals surface area (Å²) in [5, 5.41) is 3.98. The van der Waals surface area contributed by atoms with Crippen LogP contribution in [0.2, 0.25) is 5.02 Å². The minimum absolute atomic E-state index is 0.0774. The lowest BCUT2D eigenvalue weighted by Gasteiger charge is -2.21. The summed E-state index contributed by atoms with van der Waals surface area (Å²) < 4.78 is 5.66. The van der Waals surface area contributed by atoms with Crippen molar-refractivity contribution in [1.82, 2.24) is 15.3 Å². The van der Waals surface area contributed by atoms with Crippen LogP contribution in [-0.2, 0) is 6.54 Å². The second-order valence-electron chi connectivity index (χ2n) is 5.94. The molecule has 0 saturated carbocycles. The van der Waals surface area contributed by atoms with E-state index in [0.29, 0.717) is 16.7 Å². The lowest BCUT2D eigenvalue weighted by atomic mass is 10.1. The molecule has 2 rings (SSSR count). The van der Waals surface area contributed by atoms with Gasteiger partial charge in [-0.25, -0.2) is 4.98 Å². The number of rotatable bonds is 4. The highest BCUT2D eigenvalue weighted by Gasteiger charge is 2.10. The first-order valence-corrected chi connectivity index (χ1v) is 7.21. The molecule has 2 aromatic rings. The number of aryl methyl sites for hydroxylation is 1. The summed E-state index contributed by atoms with van der Waals surface area (Å²) in [6.45, 7) is 9.17. The summed E-state index contributed by atoms with van der Waals surface area (Å²) >= 11 is 5.88. The van der Waals surface area contributed by atoms with Gasteiger partial charge in [0.1, 0.15) is 5.75 Å². The Morgan fingerprint density at radius 2 is 2.00 bits per heavy atom. The van der Waals surface area contributed by atoms with Crippen molar-refractivity contribution in [3.8, 4) is 11.6 Å². The molecule has 21 heavy (non-hydrogen) atoms. The molecule has 0 spiro atoms. The molecule has 4 nitrogen and oxygen atoms in total. The molecule has 0 aliphatic rings. The Labute approximate surface area is 130 Å². The number of aromatic nitrogens is 2. The molecule has 2 aromatic heterocycles. The zero-order chi connectivity index (χ0) is 15.5. The van der Waals surface area contributed by atoms with Gasteiger partial charge in [-0.15, -0.1) is 0 Å². The second-order valence-corrected chi connectivity index (χ2v) is 6.37. The van der Waals surface area contributed by atoms with Crippen LogP contribution >= 0.6 is 11.6 Å². The minimum atomic E-state index is 0.0774. The van der Waals surface area contributed by atoms with Gasteiger partial charge in [0.05, 0.1) is 11.2 Å². The van der Waals surface area contributed by atoms with E-state index in [2.05, 4.69) is 36.1 Å². The Balaban J connectivity index is 2.08. The largest absolute Gasteiger partial charge is 0.437 e. The van der Waals surface area contributed by atoms with Crippen molar-refractivity contribution in [3.63, 3.8) is 0 Å². The monoisotopic (exact) mass is 305 g/mol. The summed E-state index contributed by atoms with van der Waals surface area (Å²) in [4.78, 5) is 8.45. The average Bonchev–Trinajstić information content (AvgIpc) is 2.36. The van der Waals surface area contributed by atoms with Gasteiger partial charge in [0, 0.05) is 36.1 Å². The normalized spacial score (nSPS) is 11.5. The topological polar surface area (TPSA) is 47.0 Å². The predicted octanol–water partition coefficient (Wildman–Crippen LogP) is 4.12. The molecule has 5 heteroatoms. The van der Waals surface area contributed by atoms with Gasteiger partial charge in [0.15, 0.2) is 0 Å². The molecule has 0 amide bonds. The second kappa shape index (κ2) is 6.41. The molecule has 0 aromatic carbocycles. The van der Waals surface area contributed by atoms with E-state index in [0.717, 1.165) is 17.8 Å². The third-order valence-corrected chi connectivity index (χ3v) is 3.09. The first-order valence-electron chi connectivity index (χ1n) is 6.83. The molecular formula is C16H20ClN3O. The van der Waals surface area contributed by atoms with E-state index in [1.54, 1.807) is 18.5 Å². The minimum Gasteiger partial charge on any atom is -0.437 e. The fraction of sp³-hybridized carbons (Fsp3) is 0.375. The van der Waals surface area contributed by atoms with Crippen LogP contribution in [0.3, 0.4) is 0 Å². The molecule has 0 aliphatic carbocycles. The van der Waals surface area contributed by atoms with Crippen molar-refractivity contribution in [2.75, 3.05) is 0 Å². The zero-order valence-corrected chi connectivity index (χ0v) is 13.5. The van der Waals surface area contributed by atoms with Gasteiger partial charge in [-0.05, 0) is 33.3 Å². The average molecular weight is 306 g/mol. The Hall–Kier alpha value is -1.65. The fourth-order valence-electron chi connectivity index (χ4n) is 1.74. The van der Waals surface area contributed by atoms with Crippen molar-refractivity contribution in [2.24, 2.45) is 0 Å². The quantitative estimate of drug-likeness (QED) is 0.923. The maximum atomic E-state index is 5.88. The van der Waals surface area contributed by atoms with Gasteiger partial charge in [-0.2, -0.15) is 0 Å². The van der Waals surface area contributed by atoms with Gasteiger partial charge < -0.3 is 10.1 Å². The molecule has 0 aliphatic heterocycles. The maximum absolute atomic E-state index is 5.88. The lowest BCUT2D eigenvalue weighted by Crippen LogP contribution is -2.35. The van der Waals surface area contributed by atoms with Crippen LogP contribution in [0.4, 0.5) is 0 Å². The van der Waals surface area contributed by atoms with Crippen molar-refractivity contribution in [2.45, 2.75) is 39.8 Å². The molecule has 0 saturated heterocycles. The Kier molecular flexibility index (Phi) is 4.80. The first-order chi connectivity index (χ1) is 9.83. The fourth-order valence-corrected chi connectivity index (χ4v) is 1.90. The van der Waals surface area contributed by atoms with Crippen LogP contribution < -0.4 is 10.1 Å². The SMILES string of the molecule is Cc1nc(Oc2cncc(Cl)c2)ccc1CNC(C)(C)C. The Morgan fingerprint density at radius 3 is 2.62 bits per heavy atom. The summed E-state index contributed by atoms with van der Waals surface area (Å²) in [7, 11) is 0. The lowest BCUT2D eigenvalue weighted by molar-refractivity contribution is 0.422. The molecule has 112 valence electrons. The predicted molar refractivity (Wildman–Crippen MR) is 84.9 cm³/mol. The van der Waals surface area contributed by atoms with E-state index >= 15 is 0 Å². The van der Waals surface area contributed by atoms with Crippen LogP contribution in [0.25, 0.3) is 0 Å². The highest BCUT2D eigenvalue weighted by Crippen LogP contribution is 2.22. The number of hydrogen-bond donors (Lipinski definition) is 1. The number of pyridine rings is 2. The van der Waals surface area contributed by atoms with Crippen molar-refractivity contribution in [3.05, 3.63) is 46.9 Å². The van der Waals surface area contributed by atoms with E-state index in [1.165, 1.54) is 0 Å². The van der Waals surface area contributed by atoms with E-state index in [9.17, 15) is 0 Å². The molecule has 1 N–H and O–H groups in total. The van der Waals surface area contributed by atoms with Crippen molar-refractivity contribution >= 4 is 11.6 Å². The highest BCUT2D eigenvalue weighted by atomic mass is 35.5. The van der Waals surface area contributed by atoms with Crippen LogP contribution in [0, 0.1) is 6.92 Å². The van der Waals surface area contributed by atoms with Crippen LogP contribution in [-0.4, -0.2) is 15.5 Å². The molecule has 2 heterocycles. The van der Waals surface area contributed by atoms with Gasteiger partial charge in [0.2, 0.25) is 5.88 Å². The first kappa shape index (κ1) is 15.7. The van der Waals surface area contributed by atoms with Crippen molar-refractivity contribution < 1.29 is 4.74 Å². The van der Waals surface area contributed by atoms with E-state index < -0.39 is 0 Å². The third-order valence-electron chi connectivity index (χ3n) is 2.88. The molecule has 0 atom stereocenters. The summed E-state index contributed by atoms with van der Waals surface area (Å²) in [6, 6.07) is 5.59. The van der Waals surface area contributed by atoms with Gasteiger partial charge in [-0.3, -0.25) is 4.98 Å². The van der Waals surface area contributed by atoms with Gasteiger partial charge >= 0.3 is 0 Å². The third kappa shape index (κ3) is 4.99. The summed E-state index contributed by atoms with van der Waals surface area (Å²) in [5.41, 5.74) is 2.18. The molecule has 0 unspecified atom stereocenters. The van der Waals surface area contributed by atoms with Crippen LogP contribution in [0.5, 0.6) is 11.6 Å². The van der Waals surface area contributed by atoms with Gasteiger partial charge in [0.25, 0.3) is 0 Å². The van der Waals surface area contributed by atoms with E-state index in [4.69, 9.17) is 16.3 Å². The standard InChI is InChI=1S/C16H20ClN3O/c1-11-12(8-19-16(2,3)4)5-6-15(20-11)21-14-7-13(17)9-18-10-14/h5-7,9-10,19H,8H2,1-4H3. The van der Waals surface area contributed by atoms with E-state index in [1.807, 2.05) is 19.1 Å².